The third kappa shape index (κ3) is 4.75. The van der Waals surface area contributed by atoms with Crippen LogP contribution in [0.2, 0.25) is 0 Å². The van der Waals surface area contributed by atoms with Crippen LogP contribution in [0.3, 0.4) is 0 Å². The molecule has 0 aliphatic carbocycles. The van der Waals surface area contributed by atoms with E-state index in [1.807, 2.05) is 37.3 Å². The lowest BCUT2D eigenvalue weighted by molar-refractivity contribution is 0.0487. The van der Waals surface area contributed by atoms with Gasteiger partial charge in [0, 0.05) is 6.54 Å². The zero-order chi connectivity index (χ0) is 11.6. The van der Waals surface area contributed by atoms with Gasteiger partial charge in [-0.05, 0) is 12.1 Å². The van der Waals surface area contributed by atoms with E-state index in [2.05, 4.69) is 10.8 Å². The number of benzene rings is 1. The maximum atomic E-state index is 10.5. The fourth-order valence-electron chi connectivity index (χ4n) is 1.12. The summed E-state index contributed by atoms with van der Waals surface area (Å²) in [6.45, 7) is 3.62. The van der Waals surface area contributed by atoms with Crippen molar-refractivity contribution < 1.29 is 9.63 Å². The van der Waals surface area contributed by atoms with E-state index in [1.54, 1.807) is 5.94 Å². The van der Waals surface area contributed by atoms with Crippen molar-refractivity contribution in [3.8, 4) is 0 Å². The van der Waals surface area contributed by atoms with E-state index in [0.29, 0.717) is 18.8 Å². The molecule has 0 saturated carbocycles. The topological polar surface area (TPSA) is 50.4 Å². The second-order valence-electron chi connectivity index (χ2n) is 3.24. The second kappa shape index (κ2) is 7.65. The van der Waals surface area contributed by atoms with Crippen LogP contribution in [-0.4, -0.2) is 19.0 Å². The van der Waals surface area contributed by atoms with Gasteiger partial charge in [0.15, 0.2) is 0 Å². The van der Waals surface area contributed by atoms with Crippen molar-refractivity contribution in [1.29, 1.82) is 0 Å². The predicted octanol–water partition coefficient (Wildman–Crippen LogP) is 1.03. The first kappa shape index (κ1) is 12.5. The molecule has 0 heterocycles. The third-order valence-corrected chi connectivity index (χ3v) is 1.95. The molecule has 4 heteroatoms. The summed E-state index contributed by atoms with van der Waals surface area (Å²) in [5.74, 6) is 1.79. The molecule has 0 amide bonds. The van der Waals surface area contributed by atoms with Gasteiger partial charge >= 0.3 is 0 Å². The van der Waals surface area contributed by atoms with E-state index < -0.39 is 0 Å². The minimum atomic E-state index is 0.373. The van der Waals surface area contributed by atoms with E-state index in [9.17, 15) is 4.79 Å². The van der Waals surface area contributed by atoms with Crippen molar-refractivity contribution in [3.05, 3.63) is 41.6 Å². The SMILES string of the molecule is CCNCC(=C=O)NOCc1ccccc1. The van der Waals surface area contributed by atoms with Crippen LogP contribution in [0, 0.1) is 0 Å². The van der Waals surface area contributed by atoms with Gasteiger partial charge in [0.25, 0.3) is 0 Å². The summed E-state index contributed by atoms with van der Waals surface area (Å²) in [6.07, 6.45) is 0. The van der Waals surface area contributed by atoms with Gasteiger partial charge in [-0.1, -0.05) is 37.3 Å². The third-order valence-electron chi connectivity index (χ3n) is 1.95. The smallest absolute Gasteiger partial charge is 0.149 e. The van der Waals surface area contributed by atoms with Gasteiger partial charge in [0.1, 0.15) is 11.6 Å². The molecule has 0 saturated heterocycles. The van der Waals surface area contributed by atoms with Crippen LogP contribution >= 0.6 is 0 Å². The van der Waals surface area contributed by atoms with Crippen LogP contribution in [0.4, 0.5) is 0 Å². The van der Waals surface area contributed by atoms with Gasteiger partial charge in [0.05, 0.1) is 6.61 Å². The van der Waals surface area contributed by atoms with Crippen molar-refractivity contribution in [3.63, 3.8) is 0 Å². The molecule has 0 fully saturated rings. The molecule has 0 aromatic heterocycles. The highest BCUT2D eigenvalue weighted by Crippen LogP contribution is 1.99. The Balaban J connectivity index is 2.26. The van der Waals surface area contributed by atoms with Crippen LogP contribution in [0.5, 0.6) is 0 Å². The van der Waals surface area contributed by atoms with Crippen molar-refractivity contribution >= 4 is 5.94 Å². The Morgan fingerprint density at radius 1 is 1.38 bits per heavy atom. The number of carbonyl (C=O) groups excluding carboxylic acids is 1. The summed E-state index contributed by atoms with van der Waals surface area (Å²) in [4.78, 5) is 15.7. The van der Waals surface area contributed by atoms with E-state index in [0.717, 1.165) is 12.1 Å². The summed E-state index contributed by atoms with van der Waals surface area (Å²) < 4.78 is 0. The van der Waals surface area contributed by atoms with Crippen molar-refractivity contribution in [2.45, 2.75) is 13.5 Å². The van der Waals surface area contributed by atoms with Gasteiger partial charge in [-0.25, -0.2) is 4.79 Å². The highest BCUT2D eigenvalue weighted by Gasteiger charge is 1.97. The van der Waals surface area contributed by atoms with Crippen LogP contribution in [0.15, 0.2) is 36.0 Å². The molecule has 0 spiro atoms. The predicted molar refractivity (Wildman–Crippen MR) is 62.1 cm³/mol. The zero-order valence-corrected chi connectivity index (χ0v) is 9.32. The zero-order valence-electron chi connectivity index (χ0n) is 9.32. The molecule has 1 rings (SSSR count). The molecule has 1 aromatic carbocycles. The number of likely N-dealkylation sites (N-methyl/N-ethyl adjacent to an activating group) is 1. The minimum Gasteiger partial charge on any atom is -0.311 e. The van der Waals surface area contributed by atoms with Crippen LogP contribution in [0.25, 0.3) is 0 Å². The van der Waals surface area contributed by atoms with E-state index in [4.69, 9.17) is 4.84 Å². The normalized spacial score (nSPS) is 9.56. The second-order valence-corrected chi connectivity index (χ2v) is 3.24. The van der Waals surface area contributed by atoms with Gasteiger partial charge in [-0.3, -0.25) is 10.3 Å². The molecule has 0 unspecified atom stereocenters. The first-order valence-electron chi connectivity index (χ1n) is 5.23. The first-order chi connectivity index (χ1) is 7.86. The Kier molecular flexibility index (Phi) is 5.96. The van der Waals surface area contributed by atoms with Crippen molar-refractivity contribution in [1.82, 2.24) is 10.8 Å². The average molecular weight is 220 g/mol. The Morgan fingerprint density at radius 2 is 2.12 bits per heavy atom. The molecule has 4 nitrogen and oxygen atoms in total. The van der Waals surface area contributed by atoms with E-state index >= 15 is 0 Å². The standard InChI is InChI=1S/C12H16N2O2/c1-2-13-8-12(9-15)14-16-10-11-6-4-3-5-7-11/h3-7,13-14H,2,8,10H2,1H3. The maximum absolute atomic E-state index is 10.5. The Hall–Kier alpha value is -1.61. The molecular weight excluding hydrogens is 204 g/mol. The molecule has 0 bridgehead atoms. The molecule has 16 heavy (non-hydrogen) atoms. The van der Waals surface area contributed by atoms with Gasteiger partial charge in [-0.15, -0.1) is 0 Å². The average Bonchev–Trinajstić information content (AvgIpc) is 2.35. The van der Waals surface area contributed by atoms with E-state index in [-0.39, 0.29) is 0 Å². The number of hydroxylamine groups is 1. The number of rotatable bonds is 7. The molecule has 0 atom stereocenters. The Morgan fingerprint density at radius 3 is 2.75 bits per heavy atom. The Bertz CT molecular complexity index is 345. The van der Waals surface area contributed by atoms with Crippen LogP contribution in [-0.2, 0) is 16.2 Å². The number of hydrogen-bond acceptors (Lipinski definition) is 4. The summed E-state index contributed by atoms with van der Waals surface area (Å²) in [5.41, 5.74) is 4.00. The van der Waals surface area contributed by atoms with Gasteiger partial charge in [0.2, 0.25) is 0 Å². The number of nitrogens with one attached hydrogen (secondary N) is 2. The molecule has 2 N–H and O–H groups in total. The highest BCUT2D eigenvalue weighted by atomic mass is 16.6. The number of hydrogen-bond donors (Lipinski definition) is 2. The molecule has 0 aliphatic rings. The highest BCUT2D eigenvalue weighted by molar-refractivity contribution is 5.51. The maximum Gasteiger partial charge on any atom is 0.149 e. The minimum absolute atomic E-state index is 0.373. The lowest BCUT2D eigenvalue weighted by atomic mass is 10.2. The fraction of sp³-hybridized carbons (Fsp3) is 0.333. The molecule has 0 aliphatic heterocycles. The first-order valence-corrected chi connectivity index (χ1v) is 5.23. The summed E-state index contributed by atoms with van der Waals surface area (Å²) in [6, 6.07) is 9.73. The van der Waals surface area contributed by atoms with Crippen LogP contribution < -0.4 is 10.8 Å². The lowest BCUT2D eigenvalue weighted by Gasteiger charge is -2.08. The van der Waals surface area contributed by atoms with E-state index in [1.165, 1.54) is 0 Å². The molecule has 86 valence electrons. The fourth-order valence-corrected chi connectivity index (χ4v) is 1.12. The van der Waals surface area contributed by atoms with Crippen molar-refractivity contribution in [2.24, 2.45) is 0 Å². The molecule has 1 aromatic rings. The van der Waals surface area contributed by atoms with Gasteiger partial charge < -0.3 is 5.32 Å². The summed E-state index contributed by atoms with van der Waals surface area (Å²) in [7, 11) is 0. The molecule has 0 radical (unpaired) electrons. The quantitative estimate of drug-likeness (QED) is 0.532. The molecular formula is C12H16N2O2. The van der Waals surface area contributed by atoms with Crippen LogP contribution in [0.1, 0.15) is 12.5 Å². The lowest BCUT2D eigenvalue weighted by Crippen LogP contribution is -2.25. The summed E-state index contributed by atoms with van der Waals surface area (Å²) in [5, 5.41) is 3.01. The van der Waals surface area contributed by atoms with Gasteiger partial charge in [-0.2, -0.15) is 0 Å². The monoisotopic (exact) mass is 220 g/mol. The van der Waals surface area contributed by atoms with Crippen molar-refractivity contribution in [2.75, 3.05) is 13.1 Å². The summed E-state index contributed by atoms with van der Waals surface area (Å²) >= 11 is 0. The largest absolute Gasteiger partial charge is 0.311 e. The Labute approximate surface area is 95.3 Å².